The molecule has 1 unspecified atom stereocenters. The molecule has 0 saturated heterocycles. The van der Waals surface area contributed by atoms with E-state index in [9.17, 15) is 22.8 Å². The molecule has 13 heteroatoms. The standard InChI is InChI=1S/C22H14ClF3N6O3/c23-14-4-12(8-27)5-16(6-14)35-18-19(22(24,25)26)29-11-32(21(18)34)10-15-7-17(20(33)31-30-15)13-2-1-3-28-9-13/h1-6,9,11,17H,7,10H2,(H,31,33). The number of rotatable bonds is 5. The summed E-state index contributed by atoms with van der Waals surface area (Å²) in [7, 11) is 0. The summed E-state index contributed by atoms with van der Waals surface area (Å²) in [5, 5.41) is 13.0. The first-order valence-corrected chi connectivity index (χ1v) is 10.3. The van der Waals surface area contributed by atoms with E-state index in [2.05, 4.69) is 20.5 Å². The Kier molecular flexibility index (Phi) is 6.52. The first-order valence-electron chi connectivity index (χ1n) is 9.96. The van der Waals surface area contributed by atoms with E-state index >= 15 is 0 Å². The minimum absolute atomic E-state index is 0.0269. The number of nitrogens with one attached hydrogen (secondary N) is 1. The highest BCUT2D eigenvalue weighted by molar-refractivity contribution is 6.30. The maximum Gasteiger partial charge on any atom is 0.437 e. The number of aromatic nitrogens is 3. The third-order valence-corrected chi connectivity index (χ3v) is 5.22. The van der Waals surface area contributed by atoms with Gasteiger partial charge in [0.1, 0.15) is 5.75 Å². The maximum atomic E-state index is 13.6. The van der Waals surface area contributed by atoms with Gasteiger partial charge in [-0.25, -0.2) is 10.4 Å². The Balaban J connectivity index is 1.68. The number of benzene rings is 1. The van der Waals surface area contributed by atoms with Gasteiger partial charge in [-0.15, -0.1) is 0 Å². The number of amides is 1. The molecule has 0 saturated carbocycles. The molecule has 1 aromatic carbocycles. The molecule has 3 heterocycles. The summed E-state index contributed by atoms with van der Waals surface area (Å²) in [5.41, 5.74) is 0.653. The molecule has 1 aliphatic heterocycles. The van der Waals surface area contributed by atoms with Crippen LogP contribution in [0.3, 0.4) is 0 Å². The number of hydrogen-bond donors (Lipinski definition) is 1. The van der Waals surface area contributed by atoms with Crippen LogP contribution in [0.25, 0.3) is 0 Å². The topological polar surface area (TPSA) is 122 Å². The predicted octanol–water partition coefficient (Wildman–Crippen LogP) is 3.63. The summed E-state index contributed by atoms with van der Waals surface area (Å²) in [6, 6.07) is 8.76. The van der Waals surface area contributed by atoms with Crippen molar-refractivity contribution in [2.24, 2.45) is 5.10 Å². The molecule has 9 nitrogen and oxygen atoms in total. The van der Waals surface area contributed by atoms with Crippen molar-refractivity contribution in [1.29, 1.82) is 5.26 Å². The molecule has 0 bridgehead atoms. The Morgan fingerprint density at radius 3 is 2.77 bits per heavy atom. The van der Waals surface area contributed by atoms with E-state index in [0.717, 1.165) is 17.0 Å². The lowest BCUT2D eigenvalue weighted by Gasteiger charge is -2.22. The summed E-state index contributed by atoms with van der Waals surface area (Å²) in [6.45, 7) is -0.254. The molecule has 1 atom stereocenters. The molecule has 0 fully saturated rings. The molecule has 1 aliphatic rings. The second-order valence-electron chi connectivity index (χ2n) is 7.44. The van der Waals surface area contributed by atoms with Gasteiger partial charge in [0.25, 0.3) is 5.56 Å². The minimum Gasteiger partial charge on any atom is -0.449 e. The third kappa shape index (κ3) is 5.30. The molecule has 0 spiro atoms. The number of hydrogen-bond acceptors (Lipinski definition) is 7. The number of carbonyl (C=O) groups is 1. The first kappa shape index (κ1) is 23.9. The van der Waals surface area contributed by atoms with Gasteiger partial charge in [-0.1, -0.05) is 17.7 Å². The molecule has 178 valence electrons. The van der Waals surface area contributed by atoms with Gasteiger partial charge in [-0.3, -0.25) is 19.1 Å². The van der Waals surface area contributed by atoms with Gasteiger partial charge in [0.2, 0.25) is 11.7 Å². The average molecular weight is 503 g/mol. The molecular formula is C22H14ClF3N6O3. The minimum atomic E-state index is -4.99. The Bertz CT molecular complexity index is 1420. The van der Waals surface area contributed by atoms with E-state index in [-0.39, 0.29) is 35.2 Å². The predicted molar refractivity (Wildman–Crippen MR) is 117 cm³/mol. The van der Waals surface area contributed by atoms with Crippen LogP contribution in [0.5, 0.6) is 11.5 Å². The summed E-state index contributed by atoms with van der Waals surface area (Å²) in [4.78, 5) is 32.6. The van der Waals surface area contributed by atoms with Gasteiger partial charge in [-0.05, 0) is 29.8 Å². The summed E-state index contributed by atoms with van der Waals surface area (Å²) in [5.74, 6) is -2.34. The van der Waals surface area contributed by atoms with E-state index in [1.54, 1.807) is 24.4 Å². The molecule has 1 amide bonds. The molecule has 2 aromatic heterocycles. The van der Waals surface area contributed by atoms with Gasteiger partial charge in [0.15, 0.2) is 5.69 Å². The molecule has 0 radical (unpaired) electrons. The van der Waals surface area contributed by atoms with Crippen molar-refractivity contribution in [1.82, 2.24) is 20.0 Å². The highest BCUT2D eigenvalue weighted by Gasteiger charge is 2.39. The SMILES string of the molecule is N#Cc1cc(Cl)cc(Oc2c(C(F)(F)F)ncn(CC3=NNC(=O)C(c4cccnc4)C3)c2=O)c1. The lowest BCUT2D eigenvalue weighted by atomic mass is 9.93. The van der Waals surface area contributed by atoms with E-state index in [1.807, 2.05) is 0 Å². The largest absolute Gasteiger partial charge is 0.449 e. The molecule has 0 aliphatic carbocycles. The van der Waals surface area contributed by atoms with Crippen molar-refractivity contribution in [2.45, 2.75) is 25.1 Å². The summed E-state index contributed by atoms with van der Waals surface area (Å²) in [6.07, 6.45) is -1.08. The fraction of sp³-hybridized carbons (Fsp3) is 0.182. The molecular weight excluding hydrogens is 489 g/mol. The summed E-state index contributed by atoms with van der Waals surface area (Å²) < 4.78 is 46.9. The fourth-order valence-electron chi connectivity index (χ4n) is 3.41. The fourth-order valence-corrected chi connectivity index (χ4v) is 3.64. The van der Waals surface area contributed by atoms with E-state index in [0.29, 0.717) is 11.3 Å². The van der Waals surface area contributed by atoms with Crippen molar-refractivity contribution in [2.75, 3.05) is 0 Å². The van der Waals surface area contributed by atoms with Crippen molar-refractivity contribution in [3.63, 3.8) is 0 Å². The van der Waals surface area contributed by atoms with Crippen LogP contribution < -0.4 is 15.7 Å². The Hall–Kier alpha value is -4.24. The van der Waals surface area contributed by atoms with Gasteiger partial charge in [-0.2, -0.15) is 23.5 Å². The van der Waals surface area contributed by atoms with Gasteiger partial charge in [0.05, 0.1) is 36.1 Å². The van der Waals surface area contributed by atoms with Crippen molar-refractivity contribution >= 4 is 23.2 Å². The lowest BCUT2D eigenvalue weighted by Crippen LogP contribution is -2.36. The molecule has 4 rings (SSSR count). The first-order chi connectivity index (χ1) is 16.7. The number of alkyl halides is 3. The van der Waals surface area contributed by atoms with Crippen LogP contribution >= 0.6 is 11.6 Å². The number of pyridine rings is 1. The monoisotopic (exact) mass is 502 g/mol. The highest BCUT2D eigenvalue weighted by Crippen LogP contribution is 2.35. The second-order valence-corrected chi connectivity index (χ2v) is 7.88. The Morgan fingerprint density at radius 2 is 2.09 bits per heavy atom. The molecule has 3 aromatic rings. The van der Waals surface area contributed by atoms with Crippen LogP contribution in [0.4, 0.5) is 13.2 Å². The highest BCUT2D eigenvalue weighted by atomic mass is 35.5. The van der Waals surface area contributed by atoms with Gasteiger partial charge >= 0.3 is 6.18 Å². The van der Waals surface area contributed by atoms with Crippen LogP contribution in [0, 0.1) is 11.3 Å². The van der Waals surface area contributed by atoms with Crippen LogP contribution in [-0.2, 0) is 17.5 Å². The van der Waals surface area contributed by atoms with Gasteiger partial charge in [0, 0.05) is 23.8 Å². The van der Waals surface area contributed by atoms with Crippen LogP contribution in [0.1, 0.15) is 29.2 Å². The zero-order valence-electron chi connectivity index (χ0n) is 17.6. The number of nitriles is 1. The third-order valence-electron chi connectivity index (χ3n) is 5.01. The number of halogens is 4. The number of ether oxygens (including phenoxy) is 1. The molecule has 1 N–H and O–H groups in total. The Morgan fingerprint density at radius 1 is 1.29 bits per heavy atom. The van der Waals surface area contributed by atoms with E-state index < -0.39 is 29.1 Å². The maximum absolute atomic E-state index is 13.6. The number of carbonyl (C=O) groups excluding carboxylic acids is 1. The smallest absolute Gasteiger partial charge is 0.437 e. The van der Waals surface area contributed by atoms with Crippen molar-refractivity contribution in [3.05, 3.63) is 81.3 Å². The quantitative estimate of drug-likeness (QED) is 0.568. The zero-order chi connectivity index (χ0) is 25.2. The van der Waals surface area contributed by atoms with Crippen LogP contribution in [0.2, 0.25) is 5.02 Å². The number of nitrogens with zero attached hydrogens (tertiary/aromatic N) is 5. The van der Waals surface area contributed by atoms with Crippen LogP contribution in [-0.4, -0.2) is 26.2 Å². The second kappa shape index (κ2) is 9.55. The average Bonchev–Trinajstić information content (AvgIpc) is 2.82. The van der Waals surface area contributed by atoms with Gasteiger partial charge < -0.3 is 4.74 Å². The normalized spacial score (nSPS) is 15.7. The van der Waals surface area contributed by atoms with E-state index in [1.165, 1.54) is 18.3 Å². The zero-order valence-corrected chi connectivity index (χ0v) is 18.3. The van der Waals surface area contributed by atoms with E-state index in [4.69, 9.17) is 21.6 Å². The van der Waals surface area contributed by atoms with Crippen LogP contribution in [0.15, 0.2) is 58.9 Å². The Labute approximate surface area is 200 Å². The molecule has 35 heavy (non-hydrogen) atoms. The van der Waals surface area contributed by atoms with Crippen molar-refractivity contribution < 1.29 is 22.7 Å². The lowest BCUT2D eigenvalue weighted by molar-refractivity contribution is -0.142. The summed E-state index contributed by atoms with van der Waals surface area (Å²) >= 11 is 5.89. The van der Waals surface area contributed by atoms with Crippen molar-refractivity contribution in [3.8, 4) is 17.6 Å². The number of hydrazone groups is 1.